The molecule has 0 saturated carbocycles. The molecule has 0 aliphatic carbocycles. The summed E-state index contributed by atoms with van der Waals surface area (Å²) in [6.45, 7) is 0. The number of nitrogens with zero attached hydrogens (tertiary/aromatic N) is 3. The summed E-state index contributed by atoms with van der Waals surface area (Å²) in [4.78, 5) is 12.6. The van der Waals surface area contributed by atoms with Crippen LogP contribution < -0.4 is 14.9 Å². The predicted molar refractivity (Wildman–Crippen MR) is 119 cm³/mol. The molecule has 7 nitrogen and oxygen atoms in total. The van der Waals surface area contributed by atoms with Gasteiger partial charge in [-0.15, -0.1) is 0 Å². The largest absolute Gasteiger partial charge is 0.493 e. The number of hydrogen-bond donors (Lipinski definition) is 2. The lowest BCUT2D eigenvalue weighted by molar-refractivity contribution is 0.355. The van der Waals surface area contributed by atoms with Gasteiger partial charge in [0.1, 0.15) is 0 Å². The van der Waals surface area contributed by atoms with Gasteiger partial charge >= 0.3 is 0 Å². The van der Waals surface area contributed by atoms with Crippen molar-refractivity contribution in [3.05, 3.63) is 84.2 Å². The summed E-state index contributed by atoms with van der Waals surface area (Å²) in [5, 5.41) is 4.35. The van der Waals surface area contributed by atoms with Crippen LogP contribution in [-0.2, 0) is 0 Å². The minimum absolute atomic E-state index is 0.508. The fourth-order valence-corrected chi connectivity index (χ4v) is 2.93. The van der Waals surface area contributed by atoms with E-state index in [1.165, 1.54) is 0 Å². The van der Waals surface area contributed by atoms with E-state index in [1.807, 2.05) is 72.8 Å². The molecule has 4 rings (SSSR count). The standard InChI is InChI=1S/C23H21N5O2/c1-29-20-13-12-16(14-21(20)30-2)15-24-28-23(25-17-8-4-3-5-9-17)22-26-18-10-6-7-11-19(18)27-22/h3-15H,1-2H3,(H,25,28)(H,26,27). The lowest BCUT2D eigenvalue weighted by atomic mass is 10.2. The molecule has 0 fully saturated rings. The van der Waals surface area contributed by atoms with Crippen molar-refractivity contribution < 1.29 is 9.47 Å². The maximum Gasteiger partial charge on any atom is 0.190 e. The maximum absolute atomic E-state index is 5.34. The zero-order chi connectivity index (χ0) is 20.8. The van der Waals surface area contributed by atoms with Gasteiger partial charge in [-0.25, -0.2) is 9.98 Å². The molecule has 0 aliphatic rings. The normalized spacial score (nSPS) is 11.7. The Morgan fingerprint density at radius 2 is 1.70 bits per heavy atom. The number of ether oxygens (including phenoxy) is 2. The highest BCUT2D eigenvalue weighted by molar-refractivity contribution is 6.00. The third kappa shape index (κ3) is 4.30. The zero-order valence-electron chi connectivity index (χ0n) is 16.7. The van der Waals surface area contributed by atoms with Gasteiger partial charge in [-0.3, -0.25) is 5.43 Å². The molecule has 0 spiro atoms. The smallest absolute Gasteiger partial charge is 0.190 e. The molecular formula is C23H21N5O2. The van der Waals surface area contributed by atoms with Crippen molar-refractivity contribution in [2.24, 2.45) is 10.1 Å². The molecule has 4 aromatic rings. The number of amidine groups is 1. The van der Waals surface area contributed by atoms with Crippen molar-refractivity contribution in [2.75, 3.05) is 14.2 Å². The Kier molecular flexibility index (Phi) is 5.70. The summed E-state index contributed by atoms with van der Waals surface area (Å²) >= 11 is 0. The molecule has 2 N–H and O–H groups in total. The van der Waals surface area contributed by atoms with Crippen molar-refractivity contribution in [2.45, 2.75) is 0 Å². The first-order chi connectivity index (χ1) is 14.8. The lowest BCUT2D eigenvalue weighted by Gasteiger charge is -2.07. The second kappa shape index (κ2) is 8.91. The summed E-state index contributed by atoms with van der Waals surface area (Å²) in [7, 11) is 3.20. The van der Waals surface area contributed by atoms with Gasteiger partial charge in [-0.05, 0) is 48.0 Å². The van der Waals surface area contributed by atoms with Crippen LogP contribution in [0.5, 0.6) is 11.5 Å². The number of rotatable bonds is 6. The molecule has 0 atom stereocenters. The van der Waals surface area contributed by atoms with E-state index in [0.29, 0.717) is 23.2 Å². The van der Waals surface area contributed by atoms with E-state index in [-0.39, 0.29) is 0 Å². The maximum atomic E-state index is 5.34. The minimum Gasteiger partial charge on any atom is -0.493 e. The van der Waals surface area contributed by atoms with Crippen LogP contribution in [0, 0.1) is 0 Å². The second-order valence-electron chi connectivity index (χ2n) is 6.38. The zero-order valence-corrected chi connectivity index (χ0v) is 16.7. The van der Waals surface area contributed by atoms with Gasteiger partial charge in [0.2, 0.25) is 0 Å². The Hall–Kier alpha value is -4.13. The molecule has 0 bridgehead atoms. The highest BCUT2D eigenvalue weighted by Crippen LogP contribution is 2.26. The highest BCUT2D eigenvalue weighted by atomic mass is 16.5. The number of H-pyrrole nitrogens is 1. The van der Waals surface area contributed by atoms with Crippen LogP contribution in [0.25, 0.3) is 11.0 Å². The van der Waals surface area contributed by atoms with Gasteiger partial charge in [0.25, 0.3) is 0 Å². The number of methoxy groups -OCH3 is 2. The average molecular weight is 399 g/mol. The minimum atomic E-state index is 0.508. The molecule has 0 saturated heterocycles. The number of aliphatic imine (C=N–C) groups is 1. The van der Waals surface area contributed by atoms with Crippen LogP contribution in [0.15, 0.2) is 82.9 Å². The molecule has 3 aromatic carbocycles. The van der Waals surface area contributed by atoms with Crippen LogP contribution in [0.3, 0.4) is 0 Å². The van der Waals surface area contributed by atoms with E-state index in [9.17, 15) is 0 Å². The van der Waals surface area contributed by atoms with E-state index in [1.54, 1.807) is 20.4 Å². The summed E-state index contributed by atoms with van der Waals surface area (Å²) < 4.78 is 10.6. The van der Waals surface area contributed by atoms with E-state index in [2.05, 4.69) is 25.5 Å². The Bertz CT molecular complexity index is 1170. The molecule has 30 heavy (non-hydrogen) atoms. The molecule has 7 heteroatoms. The molecular weight excluding hydrogens is 378 g/mol. The first-order valence-corrected chi connectivity index (χ1v) is 9.37. The Labute approximate surface area is 174 Å². The fourth-order valence-electron chi connectivity index (χ4n) is 2.93. The van der Waals surface area contributed by atoms with Crippen molar-refractivity contribution >= 4 is 28.8 Å². The van der Waals surface area contributed by atoms with Crippen LogP contribution in [0.1, 0.15) is 11.4 Å². The molecule has 1 aromatic heterocycles. The van der Waals surface area contributed by atoms with Gasteiger partial charge < -0.3 is 14.5 Å². The van der Waals surface area contributed by atoms with Gasteiger partial charge in [-0.1, -0.05) is 30.3 Å². The fraction of sp³-hybridized carbons (Fsp3) is 0.0870. The monoisotopic (exact) mass is 399 g/mol. The Morgan fingerprint density at radius 3 is 2.47 bits per heavy atom. The lowest BCUT2D eigenvalue weighted by Crippen LogP contribution is -2.20. The summed E-state index contributed by atoms with van der Waals surface area (Å²) in [6, 6.07) is 23.0. The number of aromatic amines is 1. The third-order valence-corrected chi connectivity index (χ3v) is 4.40. The Balaban J connectivity index is 1.63. The topological polar surface area (TPSA) is 83.9 Å². The van der Waals surface area contributed by atoms with Gasteiger partial charge in [0.05, 0.1) is 37.2 Å². The number of nitrogens with one attached hydrogen (secondary N) is 2. The number of benzene rings is 3. The Morgan fingerprint density at radius 1 is 0.933 bits per heavy atom. The van der Waals surface area contributed by atoms with Gasteiger partial charge in [0.15, 0.2) is 23.2 Å². The third-order valence-electron chi connectivity index (χ3n) is 4.40. The van der Waals surface area contributed by atoms with Crippen LogP contribution in [0.2, 0.25) is 0 Å². The molecule has 1 heterocycles. The molecule has 0 radical (unpaired) electrons. The molecule has 150 valence electrons. The van der Waals surface area contributed by atoms with Crippen molar-refractivity contribution in [3.8, 4) is 11.5 Å². The first kappa shape index (κ1) is 19.2. The van der Waals surface area contributed by atoms with Crippen LogP contribution in [-0.4, -0.2) is 36.2 Å². The summed E-state index contributed by atoms with van der Waals surface area (Å²) in [5.41, 5.74) is 6.45. The number of aromatic nitrogens is 2. The van der Waals surface area contributed by atoms with Gasteiger partial charge in [0, 0.05) is 0 Å². The predicted octanol–water partition coefficient (Wildman–Crippen LogP) is 4.28. The van der Waals surface area contributed by atoms with E-state index in [4.69, 9.17) is 9.47 Å². The highest BCUT2D eigenvalue weighted by Gasteiger charge is 2.10. The van der Waals surface area contributed by atoms with E-state index in [0.717, 1.165) is 22.3 Å². The molecule has 0 aliphatic heterocycles. The number of hydrogen-bond acceptors (Lipinski definition) is 5. The van der Waals surface area contributed by atoms with E-state index >= 15 is 0 Å². The SMILES string of the molecule is COc1ccc(C=NNC(=Nc2ccccc2)c2nc3ccccc3[nH]2)cc1OC. The van der Waals surface area contributed by atoms with Crippen molar-refractivity contribution in [1.82, 2.24) is 15.4 Å². The van der Waals surface area contributed by atoms with Crippen molar-refractivity contribution in [3.63, 3.8) is 0 Å². The van der Waals surface area contributed by atoms with E-state index < -0.39 is 0 Å². The second-order valence-corrected chi connectivity index (χ2v) is 6.38. The number of hydrazone groups is 1. The average Bonchev–Trinajstić information content (AvgIpc) is 3.23. The number of para-hydroxylation sites is 3. The summed E-state index contributed by atoms with van der Waals surface area (Å²) in [6.07, 6.45) is 1.69. The van der Waals surface area contributed by atoms with Crippen LogP contribution >= 0.6 is 0 Å². The quantitative estimate of drug-likeness (QED) is 0.288. The number of fused-ring (bicyclic) bond motifs is 1. The molecule has 0 amide bonds. The first-order valence-electron chi connectivity index (χ1n) is 9.37. The summed E-state index contributed by atoms with van der Waals surface area (Å²) in [5.74, 6) is 2.41. The van der Waals surface area contributed by atoms with Gasteiger partial charge in [-0.2, -0.15) is 5.10 Å². The molecule has 0 unspecified atom stereocenters. The van der Waals surface area contributed by atoms with Crippen LogP contribution in [0.4, 0.5) is 5.69 Å². The van der Waals surface area contributed by atoms with Crippen molar-refractivity contribution in [1.29, 1.82) is 0 Å². The number of imidazole rings is 1.